The summed E-state index contributed by atoms with van der Waals surface area (Å²) in [4.78, 5) is 80.4. The molecule has 0 spiro atoms. The van der Waals surface area contributed by atoms with Crippen LogP contribution in [0.2, 0.25) is 0 Å². The Balaban J connectivity index is 0.900. The average Bonchev–Trinajstić information content (AvgIpc) is 3.92. The van der Waals surface area contributed by atoms with E-state index in [2.05, 4.69) is 15.3 Å². The third-order valence-electron chi connectivity index (χ3n) is 10.0. The van der Waals surface area contributed by atoms with Crippen molar-refractivity contribution in [3.05, 3.63) is 120 Å². The largest absolute Gasteiger partial charge is 0.444 e. The first kappa shape index (κ1) is 36.3. The number of nitrogens with zero attached hydrogens (tertiary/aromatic N) is 7. The summed E-state index contributed by atoms with van der Waals surface area (Å²) in [6, 6.07) is 18.0. The molecule has 0 saturated heterocycles. The van der Waals surface area contributed by atoms with Gasteiger partial charge in [0.2, 0.25) is 0 Å². The predicted molar refractivity (Wildman–Crippen MR) is 208 cm³/mol. The summed E-state index contributed by atoms with van der Waals surface area (Å²) in [5, 5.41) is 6.07. The van der Waals surface area contributed by atoms with E-state index in [0.717, 1.165) is 22.1 Å². The first-order valence-electron chi connectivity index (χ1n) is 18.5. The summed E-state index contributed by atoms with van der Waals surface area (Å²) < 4.78 is 9.38. The number of benzene rings is 4. The van der Waals surface area contributed by atoms with Crippen LogP contribution in [0, 0.1) is 0 Å². The second-order valence-electron chi connectivity index (χ2n) is 14.8. The zero-order chi connectivity index (χ0) is 39.1. The van der Waals surface area contributed by atoms with E-state index in [1.165, 1.54) is 14.7 Å². The van der Waals surface area contributed by atoms with Gasteiger partial charge in [0, 0.05) is 101 Å². The van der Waals surface area contributed by atoms with Gasteiger partial charge in [-0.25, -0.2) is 14.8 Å². The molecule has 2 aromatic heterocycles. The number of ether oxygens (including phenoxy) is 1. The van der Waals surface area contributed by atoms with E-state index < -0.39 is 23.5 Å². The van der Waals surface area contributed by atoms with Gasteiger partial charge in [0.1, 0.15) is 5.60 Å². The molecular weight excluding hydrogens is 713 g/mol. The van der Waals surface area contributed by atoms with Crippen molar-refractivity contribution in [2.75, 3.05) is 39.3 Å². The van der Waals surface area contributed by atoms with Gasteiger partial charge in [-0.3, -0.25) is 29.0 Å². The lowest BCUT2D eigenvalue weighted by atomic mass is 9.93. The van der Waals surface area contributed by atoms with Crippen molar-refractivity contribution >= 4 is 51.3 Å². The Kier molecular flexibility index (Phi) is 9.42. The van der Waals surface area contributed by atoms with Crippen molar-refractivity contribution in [2.24, 2.45) is 0 Å². The molecule has 0 aliphatic carbocycles. The Hall–Kier alpha value is -6.67. The SMILES string of the molecule is CC(C)(C)OC(=O)N(CCCNCCN1C(=O)c2cccc3c(-n4ccnc4)ccc(c23)C1=O)CCN1C(=O)c2cccc3c(-n4ccnc4)ccc(c23)C1=O. The van der Waals surface area contributed by atoms with Crippen molar-refractivity contribution in [1.82, 2.24) is 39.1 Å². The zero-order valence-electron chi connectivity index (χ0n) is 31.3. The normalized spacial score (nSPS) is 14.0. The molecule has 284 valence electrons. The molecule has 8 rings (SSSR count). The molecule has 2 aliphatic rings. The predicted octanol–water partition coefficient (Wildman–Crippen LogP) is 5.47. The van der Waals surface area contributed by atoms with Gasteiger partial charge in [0.05, 0.1) is 24.0 Å². The lowest BCUT2D eigenvalue weighted by Crippen LogP contribution is -2.47. The minimum Gasteiger partial charge on any atom is -0.444 e. The molecule has 4 heterocycles. The van der Waals surface area contributed by atoms with Crippen molar-refractivity contribution in [3.63, 3.8) is 0 Å². The standard InChI is InChI=1S/C42H40N8O6/c1-42(2,3)56-41(55)46(23-24-50-38(52)30-10-5-8-28-34(48-21-17-45-26-48)14-12-32(36(28)30)40(50)54)19-6-15-43-18-22-49-37(51)29-9-4-7-27-33(47-20-16-44-25-47)13-11-31(35(27)29)39(49)53/h4-5,7-14,16-17,20-21,25-26,43H,6,15,18-19,22-24H2,1-3H3. The van der Waals surface area contributed by atoms with E-state index in [-0.39, 0.29) is 38.0 Å². The number of nitrogens with one attached hydrogen (secondary N) is 1. The van der Waals surface area contributed by atoms with Crippen LogP contribution in [-0.2, 0) is 4.74 Å². The topological polar surface area (TPSA) is 152 Å². The molecule has 4 aromatic carbocycles. The van der Waals surface area contributed by atoms with Crippen LogP contribution in [-0.4, -0.2) is 108 Å². The van der Waals surface area contributed by atoms with Crippen molar-refractivity contribution in [3.8, 4) is 11.4 Å². The number of carbonyl (C=O) groups is 5. The van der Waals surface area contributed by atoms with Gasteiger partial charge in [-0.1, -0.05) is 24.3 Å². The van der Waals surface area contributed by atoms with Crippen molar-refractivity contribution in [2.45, 2.75) is 32.8 Å². The maximum Gasteiger partial charge on any atom is 0.410 e. The van der Waals surface area contributed by atoms with Gasteiger partial charge in [0.15, 0.2) is 0 Å². The molecule has 5 amide bonds. The third-order valence-corrected chi connectivity index (χ3v) is 10.0. The summed E-state index contributed by atoms with van der Waals surface area (Å²) in [5.74, 6) is -1.57. The average molecular weight is 753 g/mol. The van der Waals surface area contributed by atoms with E-state index in [4.69, 9.17) is 4.74 Å². The molecule has 0 unspecified atom stereocenters. The number of imidazole rings is 2. The molecule has 2 aliphatic heterocycles. The molecule has 0 bridgehead atoms. The quantitative estimate of drug-likeness (QED) is 0.127. The molecule has 56 heavy (non-hydrogen) atoms. The Labute approximate surface area is 322 Å². The molecule has 0 radical (unpaired) electrons. The van der Waals surface area contributed by atoms with Crippen LogP contribution in [0.4, 0.5) is 4.79 Å². The fourth-order valence-electron chi connectivity index (χ4n) is 7.47. The maximum atomic E-state index is 13.8. The number of rotatable bonds is 12. The molecule has 0 fully saturated rings. The smallest absolute Gasteiger partial charge is 0.410 e. The minimum atomic E-state index is -0.761. The van der Waals surface area contributed by atoms with Gasteiger partial charge in [-0.05, 0) is 70.1 Å². The Bertz CT molecular complexity index is 2480. The maximum absolute atomic E-state index is 13.8. The van der Waals surface area contributed by atoms with E-state index >= 15 is 0 Å². The highest BCUT2D eigenvalue weighted by Gasteiger charge is 2.35. The van der Waals surface area contributed by atoms with Crippen LogP contribution in [0.15, 0.2) is 98.1 Å². The Morgan fingerprint density at radius 3 is 1.64 bits per heavy atom. The number of carbonyl (C=O) groups excluding carboxylic acids is 5. The number of hydrogen-bond acceptors (Lipinski definition) is 9. The van der Waals surface area contributed by atoms with Crippen LogP contribution in [0.1, 0.15) is 68.6 Å². The van der Waals surface area contributed by atoms with Gasteiger partial charge in [0.25, 0.3) is 23.6 Å². The fourth-order valence-corrected chi connectivity index (χ4v) is 7.47. The van der Waals surface area contributed by atoms with Crippen LogP contribution >= 0.6 is 0 Å². The lowest BCUT2D eigenvalue weighted by molar-refractivity contribution is 0.0221. The minimum absolute atomic E-state index is 0.0271. The van der Waals surface area contributed by atoms with Crippen LogP contribution < -0.4 is 5.32 Å². The van der Waals surface area contributed by atoms with Crippen LogP contribution in [0.5, 0.6) is 0 Å². The van der Waals surface area contributed by atoms with Gasteiger partial charge in [-0.15, -0.1) is 0 Å². The summed E-state index contributed by atoms with van der Waals surface area (Å²) in [6.07, 6.45) is 10.2. The molecule has 14 heteroatoms. The molecule has 6 aromatic rings. The summed E-state index contributed by atoms with van der Waals surface area (Å²) in [6.45, 7) is 6.60. The highest BCUT2D eigenvalue weighted by Crippen LogP contribution is 2.35. The summed E-state index contributed by atoms with van der Waals surface area (Å²) in [7, 11) is 0. The number of aromatic nitrogens is 4. The Morgan fingerprint density at radius 1 is 0.661 bits per heavy atom. The lowest BCUT2D eigenvalue weighted by Gasteiger charge is -2.31. The molecule has 0 saturated carbocycles. The second kappa shape index (κ2) is 14.5. The van der Waals surface area contributed by atoms with Gasteiger partial charge >= 0.3 is 6.09 Å². The van der Waals surface area contributed by atoms with Gasteiger partial charge < -0.3 is 24.1 Å². The van der Waals surface area contributed by atoms with Crippen molar-refractivity contribution < 1.29 is 28.7 Å². The van der Waals surface area contributed by atoms with E-state index in [1.54, 1.807) is 82.3 Å². The summed E-state index contributed by atoms with van der Waals surface area (Å²) in [5.41, 5.74) is 2.64. The van der Waals surface area contributed by atoms with Gasteiger partial charge in [-0.2, -0.15) is 0 Å². The zero-order valence-corrected chi connectivity index (χ0v) is 31.3. The van der Waals surface area contributed by atoms with Crippen LogP contribution in [0.3, 0.4) is 0 Å². The number of amides is 5. The molecular formula is C42H40N8O6. The highest BCUT2D eigenvalue weighted by molar-refractivity contribution is 6.27. The highest BCUT2D eigenvalue weighted by atomic mass is 16.6. The molecule has 1 N–H and O–H groups in total. The monoisotopic (exact) mass is 752 g/mol. The molecule has 0 atom stereocenters. The first-order valence-corrected chi connectivity index (χ1v) is 18.5. The number of hydrogen-bond donors (Lipinski definition) is 1. The Morgan fingerprint density at radius 2 is 1.16 bits per heavy atom. The number of imide groups is 2. The van der Waals surface area contributed by atoms with E-state index in [9.17, 15) is 24.0 Å². The van der Waals surface area contributed by atoms with E-state index in [1.807, 2.05) is 45.7 Å². The van der Waals surface area contributed by atoms with Crippen LogP contribution in [0.25, 0.3) is 32.9 Å². The summed E-state index contributed by atoms with van der Waals surface area (Å²) >= 11 is 0. The first-order chi connectivity index (χ1) is 27.0. The third kappa shape index (κ3) is 6.57. The fraction of sp³-hybridized carbons (Fsp3) is 0.262. The van der Waals surface area contributed by atoms with E-state index in [0.29, 0.717) is 52.5 Å². The second-order valence-corrected chi connectivity index (χ2v) is 14.8. The molecule has 14 nitrogen and oxygen atoms in total. The van der Waals surface area contributed by atoms with Crippen molar-refractivity contribution in [1.29, 1.82) is 0 Å².